The smallest absolute Gasteiger partial charge is 0.303 e. The molecule has 0 aromatic carbocycles. The Balaban J connectivity index is 1.86. The summed E-state index contributed by atoms with van der Waals surface area (Å²) in [4.78, 5) is 10.2. The Morgan fingerprint density at radius 3 is 2.85 bits per heavy atom. The van der Waals surface area contributed by atoms with Gasteiger partial charge in [-0.15, -0.1) is 0 Å². The van der Waals surface area contributed by atoms with E-state index in [4.69, 9.17) is 5.11 Å². The molecule has 4 nitrogen and oxygen atoms in total. The van der Waals surface area contributed by atoms with E-state index in [1.807, 2.05) is 0 Å². The normalized spacial score (nSPS) is 22.0. The van der Waals surface area contributed by atoms with Crippen LogP contribution in [0.15, 0.2) is 0 Å². The lowest BCUT2D eigenvalue weighted by atomic mass is 10.1. The molecule has 1 atom stereocenters. The number of hydrogen-bond donors (Lipinski definition) is 3. The van der Waals surface area contributed by atoms with Crippen LogP contribution < -0.4 is 10.6 Å². The zero-order valence-electron chi connectivity index (χ0n) is 7.88. The Bertz CT molecular complexity index is 156. The fourth-order valence-corrected chi connectivity index (χ4v) is 1.58. The van der Waals surface area contributed by atoms with E-state index in [9.17, 15) is 4.79 Å². The summed E-state index contributed by atoms with van der Waals surface area (Å²) in [6, 6.07) is 0.602. The minimum atomic E-state index is -0.680. The first-order valence-corrected chi connectivity index (χ1v) is 4.95. The molecule has 1 heterocycles. The highest BCUT2D eigenvalue weighted by molar-refractivity contribution is 5.66. The van der Waals surface area contributed by atoms with Gasteiger partial charge in [-0.25, -0.2) is 0 Å². The average Bonchev–Trinajstić information content (AvgIpc) is 2.55. The van der Waals surface area contributed by atoms with Gasteiger partial charge < -0.3 is 15.7 Å². The van der Waals surface area contributed by atoms with E-state index in [-0.39, 0.29) is 0 Å². The van der Waals surface area contributed by atoms with Gasteiger partial charge in [-0.2, -0.15) is 0 Å². The summed E-state index contributed by atoms with van der Waals surface area (Å²) in [5.41, 5.74) is 0. The van der Waals surface area contributed by atoms with Crippen molar-refractivity contribution in [1.82, 2.24) is 10.6 Å². The molecule has 0 amide bonds. The van der Waals surface area contributed by atoms with Gasteiger partial charge in [0.05, 0.1) is 0 Å². The fourth-order valence-electron chi connectivity index (χ4n) is 1.58. The van der Waals surface area contributed by atoms with E-state index < -0.39 is 5.97 Å². The summed E-state index contributed by atoms with van der Waals surface area (Å²) in [6.07, 6.45) is 4.45. The third-order valence-corrected chi connectivity index (χ3v) is 2.35. The van der Waals surface area contributed by atoms with Gasteiger partial charge in [0.15, 0.2) is 0 Å². The quantitative estimate of drug-likeness (QED) is 0.530. The van der Waals surface area contributed by atoms with Crippen molar-refractivity contribution < 1.29 is 9.90 Å². The van der Waals surface area contributed by atoms with E-state index in [1.54, 1.807) is 0 Å². The highest BCUT2D eigenvalue weighted by atomic mass is 16.4. The minimum Gasteiger partial charge on any atom is -0.481 e. The Labute approximate surface area is 78.7 Å². The van der Waals surface area contributed by atoms with Crippen molar-refractivity contribution in [2.75, 3.05) is 13.2 Å². The summed E-state index contributed by atoms with van der Waals surface area (Å²) >= 11 is 0. The molecule has 4 heteroatoms. The van der Waals surface area contributed by atoms with Gasteiger partial charge in [0, 0.05) is 25.7 Å². The maximum atomic E-state index is 10.2. The molecule has 0 aromatic heterocycles. The van der Waals surface area contributed by atoms with Crippen LogP contribution in [0.5, 0.6) is 0 Å². The topological polar surface area (TPSA) is 61.4 Å². The zero-order valence-corrected chi connectivity index (χ0v) is 7.88. The number of rotatable bonds is 6. The molecule has 0 radical (unpaired) electrons. The Kier molecular flexibility index (Phi) is 4.78. The monoisotopic (exact) mass is 186 g/mol. The van der Waals surface area contributed by atoms with E-state index in [1.165, 1.54) is 0 Å². The molecule has 1 saturated heterocycles. The van der Waals surface area contributed by atoms with Crippen LogP contribution in [0.3, 0.4) is 0 Å². The number of carboxylic acids is 1. The molecule has 1 aliphatic rings. The summed E-state index contributed by atoms with van der Waals surface area (Å²) in [5.74, 6) is -0.680. The van der Waals surface area contributed by atoms with E-state index >= 15 is 0 Å². The Morgan fingerprint density at radius 2 is 2.23 bits per heavy atom. The Morgan fingerprint density at radius 1 is 1.38 bits per heavy atom. The van der Waals surface area contributed by atoms with Crippen molar-refractivity contribution in [2.45, 2.75) is 38.1 Å². The standard InChI is InChI=1S/C9H18N2O2/c12-9(13)5-3-1-2-4-8-6-10-7-11-8/h8,10-11H,1-7H2,(H,12,13)/t8-/m1/s1. The molecule has 0 bridgehead atoms. The summed E-state index contributed by atoms with van der Waals surface area (Å²) < 4.78 is 0. The van der Waals surface area contributed by atoms with Crippen molar-refractivity contribution in [1.29, 1.82) is 0 Å². The summed E-state index contributed by atoms with van der Waals surface area (Å²) in [7, 11) is 0. The molecular formula is C9H18N2O2. The second kappa shape index (κ2) is 5.94. The van der Waals surface area contributed by atoms with Gasteiger partial charge in [0.2, 0.25) is 0 Å². The Hall–Kier alpha value is -0.610. The molecule has 1 rings (SSSR count). The molecule has 76 valence electrons. The van der Waals surface area contributed by atoms with Crippen molar-refractivity contribution >= 4 is 5.97 Å². The van der Waals surface area contributed by atoms with Gasteiger partial charge in [-0.05, 0) is 12.8 Å². The SMILES string of the molecule is O=C(O)CCCCC[C@@H]1CNCN1. The molecule has 1 aliphatic heterocycles. The number of hydrogen-bond acceptors (Lipinski definition) is 3. The van der Waals surface area contributed by atoms with Crippen LogP contribution in [0.4, 0.5) is 0 Å². The molecule has 0 unspecified atom stereocenters. The van der Waals surface area contributed by atoms with Crippen LogP contribution in [-0.2, 0) is 4.79 Å². The lowest BCUT2D eigenvalue weighted by molar-refractivity contribution is -0.137. The predicted octanol–water partition coefficient (Wildman–Crippen LogP) is 0.540. The number of unbranched alkanes of at least 4 members (excludes halogenated alkanes) is 2. The van der Waals surface area contributed by atoms with Crippen molar-refractivity contribution in [2.24, 2.45) is 0 Å². The maximum Gasteiger partial charge on any atom is 0.303 e. The maximum absolute atomic E-state index is 10.2. The van der Waals surface area contributed by atoms with Gasteiger partial charge in [0.1, 0.15) is 0 Å². The minimum absolute atomic E-state index is 0.316. The molecular weight excluding hydrogens is 168 g/mol. The van der Waals surface area contributed by atoms with Crippen LogP contribution in [0.25, 0.3) is 0 Å². The van der Waals surface area contributed by atoms with Crippen LogP contribution >= 0.6 is 0 Å². The van der Waals surface area contributed by atoms with Crippen molar-refractivity contribution in [3.05, 3.63) is 0 Å². The molecule has 13 heavy (non-hydrogen) atoms. The third kappa shape index (κ3) is 4.85. The summed E-state index contributed by atoms with van der Waals surface area (Å²) in [6.45, 7) is 1.97. The number of carbonyl (C=O) groups is 1. The van der Waals surface area contributed by atoms with Crippen molar-refractivity contribution in [3.8, 4) is 0 Å². The largest absolute Gasteiger partial charge is 0.481 e. The second-order valence-electron chi connectivity index (χ2n) is 3.53. The lowest BCUT2D eigenvalue weighted by Crippen LogP contribution is -2.23. The first kappa shape index (κ1) is 10.5. The molecule has 0 aliphatic carbocycles. The van der Waals surface area contributed by atoms with Gasteiger partial charge in [0.25, 0.3) is 0 Å². The molecule has 1 fully saturated rings. The van der Waals surface area contributed by atoms with E-state index in [0.717, 1.165) is 38.9 Å². The predicted molar refractivity (Wildman–Crippen MR) is 50.5 cm³/mol. The van der Waals surface area contributed by atoms with Crippen LogP contribution in [-0.4, -0.2) is 30.3 Å². The third-order valence-electron chi connectivity index (χ3n) is 2.35. The number of carboxylic acid groups (broad SMARTS) is 1. The average molecular weight is 186 g/mol. The fraction of sp³-hybridized carbons (Fsp3) is 0.889. The van der Waals surface area contributed by atoms with Gasteiger partial charge in [-0.3, -0.25) is 4.79 Å². The van der Waals surface area contributed by atoms with Crippen molar-refractivity contribution in [3.63, 3.8) is 0 Å². The highest BCUT2D eigenvalue weighted by Crippen LogP contribution is 2.06. The molecule has 0 spiro atoms. The second-order valence-corrected chi connectivity index (χ2v) is 3.53. The van der Waals surface area contributed by atoms with Gasteiger partial charge in [-0.1, -0.05) is 12.8 Å². The molecule has 3 N–H and O–H groups in total. The lowest BCUT2D eigenvalue weighted by Gasteiger charge is -2.07. The summed E-state index contributed by atoms with van der Waals surface area (Å²) in [5, 5.41) is 15.0. The van der Waals surface area contributed by atoms with Gasteiger partial charge >= 0.3 is 5.97 Å². The van der Waals surface area contributed by atoms with E-state index in [0.29, 0.717) is 12.5 Å². The molecule has 0 saturated carbocycles. The van der Waals surface area contributed by atoms with E-state index in [2.05, 4.69) is 10.6 Å². The van der Waals surface area contributed by atoms with Crippen LogP contribution in [0.2, 0.25) is 0 Å². The first-order valence-electron chi connectivity index (χ1n) is 4.95. The molecule has 0 aromatic rings. The number of aliphatic carboxylic acids is 1. The first-order chi connectivity index (χ1) is 6.29. The zero-order chi connectivity index (χ0) is 9.52. The highest BCUT2D eigenvalue weighted by Gasteiger charge is 2.11. The van der Waals surface area contributed by atoms with Crippen LogP contribution in [0, 0.1) is 0 Å². The number of nitrogens with one attached hydrogen (secondary N) is 2. The van der Waals surface area contributed by atoms with Crippen LogP contribution in [0.1, 0.15) is 32.1 Å².